The molecule has 2 atom stereocenters. The number of nitrogens with one attached hydrogen (secondary N) is 1. The van der Waals surface area contributed by atoms with Gasteiger partial charge in [-0.05, 0) is 41.0 Å². The fourth-order valence-electron chi connectivity index (χ4n) is 2.78. The predicted molar refractivity (Wildman–Crippen MR) is 72.9 cm³/mol. The van der Waals surface area contributed by atoms with Crippen LogP contribution in [0.25, 0.3) is 0 Å². The first-order valence-electron chi connectivity index (χ1n) is 7.02. The molecule has 1 aromatic rings. The molecule has 0 amide bonds. The Balaban J connectivity index is 2.04. The molecule has 2 heterocycles. The number of rotatable bonds is 4. The van der Waals surface area contributed by atoms with E-state index in [0.717, 1.165) is 18.7 Å². The highest BCUT2D eigenvalue weighted by Gasteiger charge is 2.46. The molecule has 1 saturated heterocycles. The lowest BCUT2D eigenvalue weighted by Gasteiger charge is -2.29. The van der Waals surface area contributed by atoms with Crippen molar-refractivity contribution in [2.75, 3.05) is 0 Å². The van der Waals surface area contributed by atoms with Gasteiger partial charge in [0.2, 0.25) is 5.89 Å². The molecule has 1 N–H and O–H groups in total. The fraction of sp³-hybridized carbons (Fsp3) is 0.857. The fourth-order valence-corrected chi connectivity index (χ4v) is 2.78. The number of hydrogen-bond acceptors (Lipinski definition) is 5. The van der Waals surface area contributed by atoms with Crippen molar-refractivity contribution in [3.05, 3.63) is 11.7 Å². The third kappa shape index (κ3) is 3.15. The van der Waals surface area contributed by atoms with Crippen molar-refractivity contribution in [2.24, 2.45) is 0 Å². The van der Waals surface area contributed by atoms with Crippen LogP contribution in [0.3, 0.4) is 0 Å². The van der Waals surface area contributed by atoms with Gasteiger partial charge in [-0.2, -0.15) is 4.98 Å². The second kappa shape index (κ2) is 4.87. The summed E-state index contributed by atoms with van der Waals surface area (Å²) >= 11 is 0. The van der Waals surface area contributed by atoms with Crippen LogP contribution in [-0.2, 0) is 11.2 Å². The van der Waals surface area contributed by atoms with Crippen LogP contribution in [0.4, 0.5) is 0 Å². The van der Waals surface area contributed by atoms with Gasteiger partial charge in [0, 0.05) is 12.5 Å². The Kier molecular flexibility index (Phi) is 3.71. The van der Waals surface area contributed by atoms with Crippen molar-refractivity contribution in [2.45, 2.75) is 77.7 Å². The first-order valence-corrected chi connectivity index (χ1v) is 7.02. The molecule has 5 heteroatoms. The molecule has 108 valence electrons. The van der Waals surface area contributed by atoms with Crippen molar-refractivity contribution in [1.29, 1.82) is 0 Å². The standard InChI is InChI=1S/C14H25N3O2/c1-7-11-16-12(18-17-11)9(2)15-10-8-13(3,4)19-14(10,5)6/h9-10,15H,7-8H2,1-6H3/t9-,10+/m1/s1. The molecule has 0 spiro atoms. The maximum atomic E-state index is 6.08. The molecule has 1 aliphatic heterocycles. The van der Waals surface area contributed by atoms with Crippen LogP contribution in [-0.4, -0.2) is 27.4 Å². The van der Waals surface area contributed by atoms with Gasteiger partial charge in [0.25, 0.3) is 0 Å². The van der Waals surface area contributed by atoms with Crippen LogP contribution in [0.2, 0.25) is 0 Å². The molecule has 0 aromatic carbocycles. The molecule has 19 heavy (non-hydrogen) atoms. The van der Waals surface area contributed by atoms with Gasteiger partial charge in [0.15, 0.2) is 5.82 Å². The molecule has 1 aliphatic rings. The quantitative estimate of drug-likeness (QED) is 0.908. The average molecular weight is 267 g/mol. The van der Waals surface area contributed by atoms with Crippen LogP contribution in [0.1, 0.15) is 65.7 Å². The molecule has 1 aromatic heterocycles. The number of aryl methyl sites for hydroxylation is 1. The van der Waals surface area contributed by atoms with Crippen molar-refractivity contribution in [3.63, 3.8) is 0 Å². The highest BCUT2D eigenvalue weighted by Crippen LogP contribution is 2.38. The smallest absolute Gasteiger partial charge is 0.243 e. The van der Waals surface area contributed by atoms with E-state index in [9.17, 15) is 0 Å². The number of nitrogens with zero attached hydrogens (tertiary/aromatic N) is 2. The molecular weight excluding hydrogens is 242 g/mol. The van der Waals surface area contributed by atoms with Crippen LogP contribution < -0.4 is 5.32 Å². The Morgan fingerprint density at radius 3 is 2.53 bits per heavy atom. The Hall–Kier alpha value is -0.940. The summed E-state index contributed by atoms with van der Waals surface area (Å²) in [5.74, 6) is 1.41. The van der Waals surface area contributed by atoms with Gasteiger partial charge in [-0.15, -0.1) is 0 Å². The Labute approximate surface area is 115 Å². The molecule has 0 bridgehead atoms. The molecular formula is C14H25N3O2. The summed E-state index contributed by atoms with van der Waals surface area (Å²) in [6.07, 6.45) is 1.76. The SMILES string of the molecule is CCc1noc([C@@H](C)N[C@H]2CC(C)(C)OC2(C)C)n1. The molecule has 0 unspecified atom stereocenters. The minimum Gasteiger partial charge on any atom is -0.368 e. The van der Waals surface area contributed by atoms with Gasteiger partial charge in [-0.1, -0.05) is 12.1 Å². The van der Waals surface area contributed by atoms with E-state index in [1.54, 1.807) is 0 Å². The van der Waals surface area contributed by atoms with Crippen LogP contribution >= 0.6 is 0 Å². The lowest BCUT2D eigenvalue weighted by atomic mass is 9.94. The van der Waals surface area contributed by atoms with Crippen molar-refractivity contribution in [1.82, 2.24) is 15.5 Å². The minimum atomic E-state index is -0.189. The third-order valence-electron chi connectivity index (χ3n) is 3.70. The van der Waals surface area contributed by atoms with Crippen LogP contribution in [0.5, 0.6) is 0 Å². The maximum absolute atomic E-state index is 6.08. The predicted octanol–water partition coefficient (Wildman–Crippen LogP) is 2.63. The summed E-state index contributed by atoms with van der Waals surface area (Å²) in [7, 11) is 0. The summed E-state index contributed by atoms with van der Waals surface area (Å²) in [4.78, 5) is 4.37. The minimum absolute atomic E-state index is 0.0366. The summed E-state index contributed by atoms with van der Waals surface area (Å²) in [6, 6.07) is 0.309. The molecule has 2 rings (SSSR count). The van der Waals surface area contributed by atoms with E-state index in [2.05, 4.69) is 43.2 Å². The Bertz CT molecular complexity index is 440. The van der Waals surface area contributed by atoms with Gasteiger partial charge < -0.3 is 14.6 Å². The zero-order chi connectivity index (χ0) is 14.3. The lowest BCUT2D eigenvalue weighted by Crippen LogP contribution is -2.44. The number of ether oxygens (including phenoxy) is 1. The van der Waals surface area contributed by atoms with Crippen LogP contribution in [0.15, 0.2) is 4.52 Å². The molecule has 1 fully saturated rings. The summed E-state index contributed by atoms with van der Waals surface area (Å²) in [5.41, 5.74) is -0.282. The number of aromatic nitrogens is 2. The second-order valence-electron chi connectivity index (χ2n) is 6.51. The normalized spacial score (nSPS) is 26.5. The van der Waals surface area contributed by atoms with E-state index in [1.165, 1.54) is 0 Å². The van der Waals surface area contributed by atoms with E-state index in [0.29, 0.717) is 5.89 Å². The largest absolute Gasteiger partial charge is 0.368 e. The molecule has 0 aliphatic carbocycles. The van der Waals surface area contributed by atoms with Gasteiger partial charge >= 0.3 is 0 Å². The summed E-state index contributed by atoms with van der Waals surface area (Å²) in [5, 5.41) is 7.50. The maximum Gasteiger partial charge on any atom is 0.243 e. The van der Waals surface area contributed by atoms with Gasteiger partial charge in [0.1, 0.15) is 0 Å². The Morgan fingerprint density at radius 1 is 1.37 bits per heavy atom. The molecule has 5 nitrogen and oxygen atoms in total. The van der Waals surface area contributed by atoms with E-state index in [1.807, 2.05) is 13.8 Å². The number of hydrogen-bond donors (Lipinski definition) is 1. The van der Waals surface area contributed by atoms with E-state index >= 15 is 0 Å². The highest BCUT2D eigenvalue weighted by atomic mass is 16.5. The van der Waals surface area contributed by atoms with E-state index in [-0.39, 0.29) is 23.3 Å². The highest BCUT2D eigenvalue weighted by molar-refractivity contribution is 5.02. The molecule has 0 saturated carbocycles. The Morgan fingerprint density at radius 2 is 2.05 bits per heavy atom. The average Bonchev–Trinajstić information content (AvgIpc) is 2.81. The van der Waals surface area contributed by atoms with Gasteiger partial charge in [-0.25, -0.2) is 0 Å². The first kappa shape index (κ1) is 14.5. The zero-order valence-corrected chi connectivity index (χ0v) is 12.8. The lowest BCUT2D eigenvalue weighted by molar-refractivity contribution is -0.0705. The first-order chi connectivity index (χ1) is 8.73. The molecule has 0 radical (unpaired) electrons. The van der Waals surface area contributed by atoms with Crippen molar-refractivity contribution >= 4 is 0 Å². The van der Waals surface area contributed by atoms with Crippen molar-refractivity contribution < 1.29 is 9.26 Å². The van der Waals surface area contributed by atoms with Gasteiger partial charge in [-0.3, -0.25) is 0 Å². The topological polar surface area (TPSA) is 60.2 Å². The zero-order valence-electron chi connectivity index (χ0n) is 12.8. The van der Waals surface area contributed by atoms with E-state index in [4.69, 9.17) is 9.26 Å². The summed E-state index contributed by atoms with van der Waals surface area (Å²) < 4.78 is 11.4. The van der Waals surface area contributed by atoms with E-state index < -0.39 is 0 Å². The van der Waals surface area contributed by atoms with Gasteiger partial charge in [0.05, 0.1) is 17.2 Å². The van der Waals surface area contributed by atoms with Crippen molar-refractivity contribution in [3.8, 4) is 0 Å². The third-order valence-corrected chi connectivity index (χ3v) is 3.70. The second-order valence-corrected chi connectivity index (χ2v) is 6.51. The van der Waals surface area contributed by atoms with Crippen LogP contribution in [0, 0.1) is 0 Å². The monoisotopic (exact) mass is 267 g/mol. The summed E-state index contributed by atoms with van der Waals surface area (Å²) in [6.45, 7) is 12.6.